The zero-order chi connectivity index (χ0) is 20.5. The van der Waals surface area contributed by atoms with Crippen molar-refractivity contribution in [1.29, 1.82) is 0 Å². The molecule has 0 heterocycles. The van der Waals surface area contributed by atoms with Crippen molar-refractivity contribution in [3.63, 3.8) is 0 Å². The highest BCUT2D eigenvalue weighted by atomic mass is 16.3. The van der Waals surface area contributed by atoms with Crippen LogP contribution in [0.2, 0.25) is 0 Å². The van der Waals surface area contributed by atoms with Gasteiger partial charge < -0.3 is 10.2 Å². The predicted octanol–water partition coefficient (Wildman–Crippen LogP) is 7.02. The van der Waals surface area contributed by atoms with Gasteiger partial charge in [0.2, 0.25) is 0 Å². The zero-order valence-electron chi connectivity index (χ0n) is 17.5. The zero-order valence-corrected chi connectivity index (χ0v) is 17.5. The van der Waals surface area contributed by atoms with Crippen molar-refractivity contribution in [2.24, 2.45) is 0 Å². The summed E-state index contributed by atoms with van der Waals surface area (Å²) in [5.74, 6) is 0.162. The van der Waals surface area contributed by atoms with Crippen LogP contribution in [0.25, 0.3) is 0 Å². The van der Waals surface area contributed by atoms with E-state index in [0.29, 0.717) is 12.0 Å². The molecule has 2 N–H and O–H groups in total. The summed E-state index contributed by atoms with van der Waals surface area (Å²) in [6, 6.07) is 4.34. The van der Waals surface area contributed by atoms with Crippen LogP contribution in [0.3, 0.4) is 0 Å². The van der Waals surface area contributed by atoms with Gasteiger partial charge in [-0.15, -0.1) is 0 Å². The van der Waals surface area contributed by atoms with Gasteiger partial charge in [0.05, 0.1) is 0 Å². The molecule has 3 heteroatoms. The van der Waals surface area contributed by atoms with Crippen LogP contribution in [0.5, 0.6) is 11.5 Å². The van der Waals surface area contributed by atoms with Gasteiger partial charge >= 0.3 is 0 Å². The number of ketones is 1. The lowest BCUT2D eigenvalue weighted by Gasteiger charge is -2.04. The number of rotatable bonds is 16. The van der Waals surface area contributed by atoms with Crippen LogP contribution in [-0.2, 0) is 11.2 Å². The Kier molecular flexibility index (Phi) is 13.7. The number of aromatic hydroxyl groups is 2. The van der Waals surface area contributed by atoms with Crippen molar-refractivity contribution in [1.82, 2.24) is 0 Å². The minimum Gasteiger partial charge on any atom is -0.508 e. The number of unbranched alkanes of at least 4 members (excludes halogenated alkanes) is 8. The molecule has 0 atom stereocenters. The molecule has 28 heavy (non-hydrogen) atoms. The van der Waals surface area contributed by atoms with Gasteiger partial charge in [0, 0.05) is 18.9 Å². The van der Waals surface area contributed by atoms with Gasteiger partial charge in [0.1, 0.15) is 17.3 Å². The van der Waals surface area contributed by atoms with E-state index in [1.54, 1.807) is 0 Å². The van der Waals surface area contributed by atoms with Crippen LogP contribution >= 0.6 is 0 Å². The minimum absolute atomic E-state index is 0.000143. The Labute approximate surface area is 171 Å². The second-order valence-electron chi connectivity index (χ2n) is 7.55. The quantitative estimate of drug-likeness (QED) is 0.237. The van der Waals surface area contributed by atoms with E-state index in [-0.39, 0.29) is 23.7 Å². The van der Waals surface area contributed by atoms with Gasteiger partial charge in [0.15, 0.2) is 0 Å². The molecule has 0 aliphatic carbocycles. The van der Waals surface area contributed by atoms with Crippen molar-refractivity contribution >= 4 is 5.78 Å². The van der Waals surface area contributed by atoms with E-state index in [0.717, 1.165) is 25.7 Å². The number of carbonyl (C=O) groups excluding carboxylic acids is 1. The molecule has 0 spiro atoms. The first-order valence-electron chi connectivity index (χ1n) is 11.0. The molecule has 0 bridgehead atoms. The fourth-order valence-corrected chi connectivity index (χ4v) is 3.21. The third-order valence-corrected chi connectivity index (χ3v) is 4.77. The van der Waals surface area contributed by atoms with E-state index in [1.807, 2.05) is 0 Å². The molecule has 0 saturated carbocycles. The fraction of sp³-hybridized carbons (Fsp3) is 0.560. The van der Waals surface area contributed by atoms with Gasteiger partial charge in [-0.05, 0) is 56.2 Å². The molecule has 1 aromatic carbocycles. The molecular weight excluding hydrogens is 348 g/mol. The number of phenolic OH excluding ortho intramolecular Hbond substituents is 2. The van der Waals surface area contributed by atoms with Crippen LogP contribution in [0.1, 0.15) is 89.5 Å². The average molecular weight is 387 g/mol. The number of hydrogen-bond donors (Lipinski definition) is 2. The molecule has 0 unspecified atom stereocenters. The van der Waals surface area contributed by atoms with Gasteiger partial charge in [-0.25, -0.2) is 0 Å². The Bertz CT molecular complexity index is 582. The van der Waals surface area contributed by atoms with Crippen molar-refractivity contribution in [3.05, 3.63) is 48.1 Å². The smallest absolute Gasteiger partial charge is 0.137 e. The first kappa shape index (κ1) is 24.0. The van der Waals surface area contributed by atoms with Crippen LogP contribution in [0, 0.1) is 0 Å². The SMILES string of the molecule is CCCCC/C=C/C/C=C/CCCCCCCC(=O)Cc1cc(O)cc(O)c1. The highest BCUT2D eigenvalue weighted by molar-refractivity contribution is 5.81. The Hall–Kier alpha value is -2.03. The van der Waals surface area contributed by atoms with E-state index in [1.165, 1.54) is 63.1 Å². The number of benzene rings is 1. The van der Waals surface area contributed by atoms with Crippen molar-refractivity contribution in [2.75, 3.05) is 0 Å². The number of Topliss-reactive ketones (excluding diaryl/α,β-unsaturated/α-hetero) is 1. The number of allylic oxidation sites excluding steroid dienone is 4. The molecule has 1 rings (SSSR count). The molecule has 0 aliphatic rings. The highest BCUT2D eigenvalue weighted by Gasteiger charge is 2.06. The van der Waals surface area contributed by atoms with E-state index >= 15 is 0 Å². The van der Waals surface area contributed by atoms with E-state index in [2.05, 4.69) is 31.2 Å². The second kappa shape index (κ2) is 16.0. The van der Waals surface area contributed by atoms with Crippen LogP contribution in [0.4, 0.5) is 0 Å². The Morgan fingerprint density at radius 2 is 1.36 bits per heavy atom. The molecule has 156 valence electrons. The first-order chi connectivity index (χ1) is 13.6. The maximum atomic E-state index is 12.0. The van der Waals surface area contributed by atoms with Crippen LogP contribution in [0.15, 0.2) is 42.5 Å². The van der Waals surface area contributed by atoms with Crippen molar-refractivity contribution < 1.29 is 15.0 Å². The van der Waals surface area contributed by atoms with Gasteiger partial charge in [-0.3, -0.25) is 4.79 Å². The maximum absolute atomic E-state index is 12.0. The third kappa shape index (κ3) is 13.2. The molecule has 3 nitrogen and oxygen atoms in total. The molecule has 0 radical (unpaired) electrons. The van der Waals surface area contributed by atoms with Crippen molar-refractivity contribution in [2.45, 2.75) is 90.4 Å². The van der Waals surface area contributed by atoms with Crippen LogP contribution < -0.4 is 0 Å². The summed E-state index contributed by atoms with van der Waals surface area (Å²) in [4.78, 5) is 12.0. The monoisotopic (exact) mass is 386 g/mol. The Morgan fingerprint density at radius 1 is 0.786 bits per heavy atom. The van der Waals surface area contributed by atoms with Crippen molar-refractivity contribution in [3.8, 4) is 11.5 Å². The normalized spacial score (nSPS) is 11.6. The maximum Gasteiger partial charge on any atom is 0.137 e. The number of hydrogen-bond acceptors (Lipinski definition) is 3. The summed E-state index contributed by atoms with van der Waals surface area (Å²) in [6.45, 7) is 2.23. The largest absolute Gasteiger partial charge is 0.508 e. The second-order valence-corrected chi connectivity index (χ2v) is 7.55. The average Bonchev–Trinajstić information content (AvgIpc) is 2.64. The summed E-state index contributed by atoms with van der Waals surface area (Å²) < 4.78 is 0. The minimum atomic E-state index is -0.000143. The fourth-order valence-electron chi connectivity index (χ4n) is 3.21. The summed E-state index contributed by atoms with van der Waals surface area (Å²) in [6.07, 6.45) is 22.9. The third-order valence-electron chi connectivity index (χ3n) is 4.77. The Morgan fingerprint density at radius 3 is 2.00 bits per heavy atom. The lowest BCUT2D eigenvalue weighted by atomic mass is 10.0. The number of phenols is 2. The number of carbonyl (C=O) groups is 1. The lowest BCUT2D eigenvalue weighted by Crippen LogP contribution is -2.02. The van der Waals surface area contributed by atoms with E-state index < -0.39 is 0 Å². The van der Waals surface area contributed by atoms with Crippen LogP contribution in [-0.4, -0.2) is 16.0 Å². The Balaban J connectivity index is 1.96. The van der Waals surface area contributed by atoms with Gasteiger partial charge in [0.25, 0.3) is 0 Å². The first-order valence-corrected chi connectivity index (χ1v) is 11.0. The summed E-state index contributed by atoms with van der Waals surface area (Å²) in [5.41, 5.74) is 0.671. The summed E-state index contributed by atoms with van der Waals surface area (Å²) in [7, 11) is 0. The predicted molar refractivity (Wildman–Crippen MR) is 118 cm³/mol. The highest BCUT2D eigenvalue weighted by Crippen LogP contribution is 2.21. The molecule has 0 aromatic heterocycles. The van der Waals surface area contributed by atoms with E-state index in [4.69, 9.17) is 0 Å². The van der Waals surface area contributed by atoms with Gasteiger partial charge in [-0.1, -0.05) is 63.3 Å². The lowest BCUT2D eigenvalue weighted by molar-refractivity contribution is -0.118. The molecule has 1 aromatic rings. The molecular formula is C25H38O3. The molecule has 0 saturated heterocycles. The standard InChI is InChI=1S/C25H38O3/c1-2-3-4-5-6-7-8-9-10-11-12-13-14-15-16-17-23(26)18-22-19-24(27)21-25(28)20-22/h6-7,9-10,19-21,27-28H,2-5,8,11-18H2,1H3/b7-6+,10-9+. The van der Waals surface area contributed by atoms with E-state index in [9.17, 15) is 15.0 Å². The molecule has 0 amide bonds. The summed E-state index contributed by atoms with van der Waals surface area (Å²) in [5, 5.41) is 18.9. The summed E-state index contributed by atoms with van der Waals surface area (Å²) >= 11 is 0. The van der Waals surface area contributed by atoms with Gasteiger partial charge in [-0.2, -0.15) is 0 Å². The molecule has 0 fully saturated rings. The topological polar surface area (TPSA) is 57.5 Å². The molecule has 0 aliphatic heterocycles.